The summed E-state index contributed by atoms with van der Waals surface area (Å²) in [7, 11) is 0. The Morgan fingerprint density at radius 2 is 1.54 bits per heavy atom. The Kier molecular flexibility index (Phi) is 2.76. The van der Waals surface area contributed by atoms with E-state index in [1.807, 2.05) is 17.5 Å². The largest absolute Gasteiger partial charge is 0.291 e. The van der Waals surface area contributed by atoms with Crippen LogP contribution in [0, 0.1) is 0 Å². The first-order valence-corrected chi connectivity index (χ1v) is 9.33. The number of para-hydroxylation sites is 1. The van der Waals surface area contributed by atoms with Crippen LogP contribution in [-0.2, 0) is 0 Å². The van der Waals surface area contributed by atoms with Gasteiger partial charge in [0.2, 0.25) is 0 Å². The maximum Gasteiger partial charge on any atom is 0.156 e. The van der Waals surface area contributed by atoms with Crippen LogP contribution in [0.3, 0.4) is 0 Å². The van der Waals surface area contributed by atoms with Gasteiger partial charge in [0.15, 0.2) is 5.82 Å². The average molecular weight is 351 g/mol. The SMILES string of the molecule is c1ccc2c(c1)sc1c2ccc2c3ccccc3n(-c3cnccn3)c21. The molecular weight excluding hydrogens is 338 g/mol. The number of fused-ring (bicyclic) bond motifs is 7. The van der Waals surface area contributed by atoms with Gasteiger partial charge >= 0.3 is 0 Å². The van der Waals surface area contributed by atoms with Crippen molar-refractivity contribution < 1.29 is 0 Å². The van der Waals surface area contributed by atoms with E-state index in [-0.39, 0.29) is 0 Å². The quantitative estimate of drug-likeness (QED) is 0.367. The van der Waals surface area contributed by atoms with Crippen molar-refractivity contribution in [1.82, 2.24) is 14.5 Å². The number of nitrogens with zero attached hydrogens (tertiary/aromatic N) is 3. The molecule has 26 heavy (non-hydrogen) atoms. The van der Waals surface area contributed by atoms with Crippen LogP contribution in [-0.4, -0.2) is 14.5 Å². The van der Waals surface area contributed by atoms with Crippen LogP contribution in [0.5, 0.6) is 0 Å². The zero-order valence-corrected chi connectivity index (χ0v) is 14.6. The highest BCUT2D eigenvalue weighted by atomic mass is 32.1. The number of benzene rings is 3. The lowest BCUT2D eigenvalue weighted by Gasteiger charge is -2.06. The van der Waals surface area contributed by atoms with E-state index in [9.17, 15) is 0 Å². The second-order valence-electron chi connectivity index (χ2n) is 6.35. The molecule has 6 aromatic rings. The summed E-state index contributed by atoms with van der Waals surface area (Å²) < 4.78 is 4.85. The Hall–Kier alpha value is -3.24. The fourth-order valence-electron chi connectivity index (χ4n) is 3.88. The molecule has 0 spiro atoms. The Bertz CT molecular complexity index is 1430. The molecule has 3 nitrogen and oxygen atoms in total. The molecule has 0 saturated carbocycles. The van der Waals surface area contributed by atoms with E-state index in [1.54, 1.807) is 12.4 Å². The second-order valence-corrected chi connectivity index (χ2v) is 7.41. The molecule has 6 rings (SSSR count). The van der Waals surface area contributed by atoms with E-state index >= 15 is 0 Å². The van der Waals surface area contributed by atoms with Crippen molar-refractivity contribution in [3.63, 3.8) is 0 Å². The van der Waals surface area contributed by atoms with Gasteiger partial charge in [0.05, 0.1) is 21.9 Å². The molecule has 0 saturated heterocycles. The van der Waals surface area contributed by atoms with Crippen molar-refractivity contribution in [3.8, 4) is 5.82 Å². The molecule has 0 aliphatic rings. The first kappa shape index (κ1) is 14.0. The third-order valence-electron chi connectivity index (χ3n) is 4.96. The smallest absolute Gasteiger partial charge is 0.156 e. The van der Waals surface area contributed by atoms with Crippen LogP contribution in [0.1, 0.15) is 0 Å². The Morgan fingerprint density at radius 3 is 2.42 bits per heavy atom. The van der Waals surface area contributed by atoms with E-state index in [0.29, 0.717) is 0 Å². The third-order valence-corrected chi connectivity index (χ3v) is 6.15. The lowest BCUT2D eigenvalue weighted by molar-refractivity contribution is 1.04. The number of rotatable bonds is 1. The van der Waals surface area contributed by atoms with Gasteiger partial charge in [-0.05, 0) is 12.1 Å². The van der Waals surface area contributed by atoms with Gasteiger partial charge in [0.25, 0.3) is 0 Å². The predicted octanol–water partition coefficient (Wildman–Crippen LogP) is 5.94. The molecule has 0 bridgehead atoms. The average Bonchev–Trinajstić information content (AvgIpc) is 3.24. The summed E-state index contributed by atoms with van der Waals surface area (Å²) in [5.74, 6) is 0.851. The molecular formula is C22H13N3S. The van der Waals surface area contributed by atoms with Crippen molar-refractivity contribution in [2.24, 2.45) is 0 Å². The van der Waals surface area contributed by atoms with Gasteiger partial charge in [-0.2, -0.15) is 0 Å². The first-order chi connectivity index (χ1) is 12.9. The van der Waals surface area contributed by atoms with Crippen LogP contribution in [0.15, 0.2) is 79.3 Å². The van der Waals surface area contributed by atoms with Crippen molar-refractivity contribution in [2.75, 3.05) is 0 Å². The number of hydrogen-bond acceptors (Lipinski definition) is 3. The summed E-state index contributed by atoms with van der Waals surface area (Å²) >= 11 is 1.85. The highest BCUT2D eigenvalue weighted by Crippen LogP contribution is 2.42. The normalized spacial score (nSPS) is 11.8. The Balaban J connectivity index is 1.92. The minimum absolute atomic E-state index is 0.851. The summed E-state index contributed by atoms with van der Waals surface area (Å²) in [4.78, 5) is 8.88. The molecule has 0 atom stereocenters. The molecule has 0 radical (unpaired) electrons. The van der Waals surface area contributed by atoms with Gasteiger partial charge < -0.3 is 0 Å². The number of thiophene rings is 1. The minimum atomic E-state index is 0.851. The monoisotopic (exact) mass is 351 g/mol. The van der Waals surface area contributed by atoms with E-state index < -0.39 is 0 Å². The molecule has 4 heteroatoms. The van der Waals surface area contributed by atoms with Crippen LogP contribution in [0.4, 0.5) is 0 Å². The predicted molar refractivity (Wildman–Crippen MR) is 109 cm³/mol. The van der Waals surface area contributed by atoms with E-state index in [4.69, 9.17) is 0 Å². The molecule has 3 heterocycles. The molecule has 0 amide bonds. The number of hydrogen-bond donors (Lipinski definition) is 0. The van der Waals surface area contributed by atoms with Gasteiger partial charge in [0, 0.05) is 38.6 Å². The molecule has 3 aromatic carbocycles. The van der Waals surface area contributed by atoms with Crippen LogP contribution in [0.25, 0.3) is 47.8 Å². The van der Waals surface area contributed by atoms with Crippen molar-refractivity contribution in [2.45, 2.75) is 0 Å². The lowest BCUT2D eigenvalue weighted by Crippen LogP contribution is -1.97. The van der Waals surface area contributed by atoms with Crippen LogP contribution >= 0.6 is 11.3 Å². The maximum atomic E-state index is 4.59. The second kappa shape index (κ2) is 5.13. The highest BCUT2D eigenvalue weighted by molar-refractivity contribution is 7.26. The Morgan fingerprint density at radius 1 is 0.731 bits per heavy atom. The third kappa shape index (κ3) is 1.77. The Labute approximate surface area is 153 Å². The molecule has 122 valence electrons. The van der Waals surface area contributed by atoms with E-state index in [1.165, 1.54) is 36.5 Å². The summed E-state index contributed by atoms with van der Waals surface area (Å²) in [5.41, 5.74) is 2.37. The van der Waals surface area contributed by atoms with Crippen molar-refractivity contribution in [1.29, 1.82) is 0 Å². The fraction of sp³-hybridized carbons (Fsp3) is 0. The van der Waals surface area contributed by atoms with Gasteiger partial charge in [-0.1, -0.05) is 48.5 Å². The molecule has 0 fully saturated rings. The van der Waals surface area contributed by atoms with Gasteiger partial charge in [0.1, 0.15) is 0 Å². The first-order valence-electron chi connectivity index (χ1n) is 8.51. The standard InChI is InChI=1S/C22H13N3S/c1-3-7-18-14(5-1)16-9-10-17-15-6-2-4-8-19(15)26-22(17)21(16)25(18)20-13-23-11-12-24-20/h1-13H. The van der Waals surface area contributed by atoms with Crippen molar-refractivity contribution >= 4 is 53.3 Å². The molecule has 3 aromatic heterocycles. The highest BCUT2D eigenvalue weighted by Gasteiger charge is 2.17. The molecule has 0 aliphatic carbocycles. The van der Waals surface area contributed by atoms with Crippen LogP contribution in [0.2, 0.25) is 0 Å². The summed E-state index contributed by atoms with van der Waals surface area (Å²) in [6.45, 7) is 0. The summed E-state index contributed by atoms with van der Waals surface area (Å²) in [6, 6.07) is 21.6. The summed E-state index contributed by atoms with van der Waals surface area (Å²) in [6.07, 6.45) is 5.30. The minimum Gasteiger partial charge on any atom is -0.291 e. The number of aromatic nitrogens is 3. The molecule has 0 unspecified atom stereocenters. The van der Waals surface area contributed by atoms with Gasteiger partial charge in [-0.25, -0.2) is 4.98 Å². The van der Waals surface area contributed by atoms with Crippen molar-refractivity contribution in [3.05, 3.63) is 79.3 Å². The van der Waals surface area contributed by atoms with Gasteiger partial charge in [-0.15, -0.1) is 11.3 Å². The molecule has 0 N–H and O–H groups in total. The van der Waals surface area contributed by atoms with E-state index in [2.05, 4.69) is 75.2 Å². The zero-order valence-electron chi connectivity index (χ0n) is 13.8. The maximum absolute atomic E-state index is 4.59. The zero-order chi connectivity index (χ0) is 17.1. The lowest BCUT2D eigenvalue weighted by atomic mass is 10.1. The van der Waals surface area contributed by atoms with E-state index in [0.717, 1.165) is 11.3 Å². The summed E-state index contributed by atoms with van der Waals surface area (Å²) in [5, 5.41) is 5.11. The van der Waals surface area contributed by atoms with Crippen LogP contribution < -0.4 is 0 Å². The fourth-order valence-corrected chi connectivity index (χ4v) is 5.12. The van der Waals surface area contributed by atoms with Gasteiger partial charge in [-0.3, -0.25) is 9.55 Å². The topological polar surface area (TPSA) is 30.7 Å². The molecule has 0 aliphatic heterocycles.